The van der Waals surface area contributed by atoms with Crippen LogP contribution in [0.25, 0.3) is 0 Å². The summed E-state index contributed by atoms with van der Waals surface area (Å²) >= 11 is 2.08. The Labute approximate surface area is 151 Å². The molecule has 1 saturated heterocycles. The van der Waals surface area contributed by atoms with Gasteiger partial charge in [-0.3, -0.25) is 9.89 Å². The average Bonchev–Trinajstić information content (AvgIpc) is 2.46. The zero-order valence-corrected chi connectivity index (χ0v) is 16.6. The first-order valence-corrected chi connectivity index (χ1v) is 9.17. The van der Waals surface area contributed by atoms with Gasteiger partial charge in [0.05, 0.1) is 6.54 Å². The lowest BCUT2D eigenvalue weighted by atomic mass is 9.80. The van der Waals surface area contributed by atoms with E-state index in [0.29, 0.717) is 12.0 Å². The van der Waals surface area contributed by atoms with E-state index in [1.165, 1.54) is 56.7 Å². The number of nitrogens with one attached hydrogen (secondary N) is 1. The minimum atomic E-state index is 0. The van der Waals surface area contributed by atoms with E-state index in [0.717, 1.165) is 6.54 Å². The van der Waals surface area contributed by atoms with E-state index in [-0.39, 0.29) is 29.5 Å². The third kappa shape index (κ3) is 5.78. The molecule has 0 unspecified atom stereocenters. The van der Waals surface area contributed by atoms with E-state index in [4.69, 9.17) is 5.73 Å². The van der Waals surface area contributed by atoms with Gasteiger partial charge in [-0.05, 0) is 26.7 Å². The number of nitrogens with two attached hydrogens (primary N) is 1. The molecule has 0 spiro atoms. The molecule has 2 rings (SSSR count). The fourth-order valence-electron chi connectivity index (χ4n) is 3.40. The maximum atomic E-state index is 6.00. The second kappa shape index (κ2) is 9.45. The Bertz CT molecular complexity index is 324. The van der Waals surface area contributed by atoms with Crippen molar-refractivity contribution in [1.29, 1.82) is 0 Å². The number of aliphatic imine (C=N–C) groups is 1. The van der Waals surface area contributed by atoms with Crippen LogP contribution in [0.3, 0.4) is 0 Å². The van der Waals surface area contributed by atoms with Crippen LogP contribution in [0, 0.1) is 0 Å². The number of hydrogen-bond acceptors (Lipinski definition) is 3. The Morgan fingerprint density at radius 1 is 1.24 bits per heavy atom. The summed E-state index contributed by atoms with van der Waals surface area (Å²) in [4.78, 5) is 7.37. The molecule has 21 heavy (non-hydrogen) atoms. The molecule has 4 nitrogen and oxygen atoms in total. The Morgan fingerprint density at radius 3 is 2.43 bits per heavy atom. The van der Waals surface area contributed by atoms with Gasteiger partial charge < -0.3 is 11.1 Å². The van der Waals surface area contributed by atoms with E-state index >= 15 is 0 Å². The topological polar surface area (TPSA) is 53.6 Å². The molecule has 2 fully saturated rings. The molecule has 0 amide bonds. The molecule has 0 atom stereocenters. The highest BCUT2D eigenvalue weighted by atomic mass is 127. The summed E-state index contributed by atoms with van der Waals surface area (Å²) in [7, 11) is 0. The second-order valence-electron chi connectivity index (χ2n) is 6.38. The largest absolute Gasteiger partial charge is 0.370 e. The summed E-state index contributed by atoms with van der Waals surface area (Å²) < 4.78 is 0. The quantitative estimate of drug-likeness (QED) is 0.412. The normalized spacial score (nSPS) is 23.7. The molecule has 0 bridgehead atoms. The second-order valence-corrected chi connectivity index (χ2v) is 7.61. The molecule has 0 aromatic rings. The molecule has 1 aliphatic carbocycles. The fourth-order valence-corrected chi connectivity index (χ4v) is 4.30. The molecule has 1 saturated carbocycles. The van der Waals surface area contributed by atoms with E-state index in [2.05, 4.69) is 40.8 Å². The molecule has 0 aromatic heterocycles. The first-order chi connectivity index (χ1) is 9.62. The summed E-state index contributed by atoms with van der Waals surface area (Å²) in [5.41, 5.74) is 6.28. The summed E-state index contributed by atoms with van der Waals surface area (Å²) in [5, 5.41) is 3.21. The molecular formula is C15H31IN4S. The molecule has 2 aliphatic rings. The zero-order valence-electron chi connectivity index (χ0n) is 13.4. The van der Waals surface area contributed by atoms with Crippen molar-refractivity contribution in [1.82, 2.24) is 10.2 Å². The first-order valence-electron chi connectivity index (χ1n) is 8.02. The van der Waals surface area contributed by atoms with E-state index in [1.54, 1.807) is 0 Å². The predicted octanol–water partition coefficient (Wildman–Crippen LogP) is 2.67. The van der Waals surface area contributed by atoms with Crippen LogP contribution in [0.5, 0.6) is 0 Å². The van der Waals surface area contributed by atoms with Gasteiger partial charge in [-0.15, -0.1) is 24.0 Å². The Morgan fingerprint density at radius 2 is 1.86 bits per heavy atom. The van der Waals surface area contributed by atoms with Gasteiger partial charge in [0.1, 0.15) is 0 Å². The first kappa shape index (κ1) is 19.4. The Kier molecular flexibility index (Phi) is 8.71. The van der Waals surface area contributed by atoms with Crippen molar-refractivity contribution in [3.8, 4) is 0 Å². The lowest BCUT2D eigenvalue weighted by molar-refractivity contribution is 0.0672. The number of guanidine groups is 1. The molecule has 1 heterocycles. The standard InChI is InChI=1S/C15H30N4S.HI/c1-13(2)18-14(16)17-12-15(6-4-3-5-7-15)19-8-10-20-11-9-19;/h13H,3-12H2,1-2H3,(H3,16,17,18);1H. The summed E-state index contributed by atoms with van der Waals surface area (Å²) in [6.07, 6.45) is 6.65. The number of halogens is 1. The van der Waals surface area contributed by atoms with Crippen LogP contribution in [0.2, 0.25) is 0 Å². The van der Waals surface area contributed by atoms with Crippen molar-refractivity contribution in [2.75, 3.05) is 31.1 Å². The molecule has 0 aromatic carbocycles. The van der Waals surface area contributed by atoms with Crippen molar-refractivity contribution in [2.45, 2.75) is 57.5 Å². The number of thioether (sulfide) groups is 1. The van der Waals surface area contributed by atoms with Crippen molar-refractivity contribution >= 4 is 41.7 Å². The summed E-state index contributed by atoms with van der Waals surface area (Å²) in [6.45, 7) is 7.50. The van der Waals surface area contributed by atoms with Crippen molar-refractivity contribution in [2.24, 2.45) is 10.7 Å². The van der Waals surface area contributed by atoms with Gasteiger partial charge >= 0.3 is 0 Å². The summed E-state index contributed by atoms with van der Waals surface area (Å²) in [5.74, 6) is 3.15. The third-order valence-electron chi connectivity index (χ3n) is 4.45. The lowest BCUT2D eigenvalue weighted by Crippen LogP contribution is -2.55. The van der Waals surface area contributed by atoms with Gasteiger partial charge in [-0.25, -0.2) is 0 Å². The highest BCUT2D eigenvalue weighted by Gasteiger charge is 2.38. The molecule has 6 heteroatoms. The van der Waals surface area contributed by atoms with Crippen LogP contribution < -0.4 is 11.1 Å². The number of rotatable bonds is 4. The predicted molar refractivity (Wildman–Crippen MR) is 105 cm³/mol. The Balaban J connectivity index is 0.00000220. The van der Waals surface area contributed by atoms with Crippen LogP contribution in [-0.4, -0.2) is 53.6 Å². The molecule has 0 radical (unpaired) electrons. The molecule has 3 N–H and O–H groups in total. The fraction of sp³-hybridized carbons (Fsp3) is 0.933. The van der Waals surface area contributed by atoms with Gasteiger partial charge in [0.15, 0.2) is 5.96 Å². The Hall–Kier alpha value is 0.310. The van der Waals surface area contributed by atoms with E-state index < -0.39 is 0 Å². The lowest BCUT2D eigenvalue weighted by Gasteiger charge is -2.47. The van der Waals surface area contributed by atoms with E-state index in [1.807, 2.05) is 0 Å². The highest BCUT2D eigenvalue weighted by Crippen LogP contribution is 2.35. The van der Waals surface area contributed by atoms with Crippen LogP contribution in [0.1, 0.15) is 46.0 Å². The van der Waals surface area contributed by atoms with E-state index in [9.17, 15) is 0 Å². The zero-order chi connectivity index (χ0) is 14.4. The van der Waals surface area contributed by atoms with Gasteiger partial charge in [-0.1, -0.05) is 19.3 Å². The minimum absolute atomic E-state index is 0. The third-order valence-corrected chi connectivity index (χ3v) is 5.39. The maximum Gasteiger partial charge on any atom is 0.188 e. The average molecular weight is 426 g/mol. The molecule has 124 valence electrons. The van der Waals surface area contributed by atoms with Crippen LogP contribution in [0.4, 0.5) is 0 Å². The van der Waals surface area contributed by atoms with Gasteiger partial charge in [0.2, 0.25) is 0 Å². The smallest absolute Gasteiger partial charge is 0.188 e. The molecular weight excluding hydrogens is 395 g/mol. The van der Waals surface area contributed by atoms with Gasteiger partial charge in [0, 0.05) is 36.2 Å². The van der Waals surface area contributed by atoms with Crippen LogP contribution >= 0.6 is 35.7 Å². The highest BCUT2D eigenvalue weighted by molar-refractivity contribution is 14.0. The van der Waals surface area contributed by atoms with Gasteiger partial charge in [-0.2, -0.15) is 11.8 Å². The maximum absolute atomic E-state index is 6.00. The minimum Gasteiger partial charge on any atom is -0.370 e. The monoisotopic (exact) mass is 426 g/mol. The van der Waals surface area contributed by atoms with Crippen LogP contribution in [0.15, 0.2) is 4.99 Å². The van der Waals surface area contributed by atoms with Crippen molar-refractivity contribution in [3.05, 3.63) is 0 Å². The summed E-state index contributed by atoms with van der Waals surface area (Å²) in [6, 6.07) is 0.354. The number of nitrogens with zero attached hydrogens (tertiary/aromatic N) is 2. The number of hydrogen-bond donors (Lipinski definition) is 2. The van der Waals surface area contributed by atoms with Crippen LogP contribution in [-0.2, 0) is 0 Å². The molecule has 1 aliphatic heterocycles. The van der Waals surface area contributed by atoms with Crippen molar-refractivity contribution in [3.63, 3.8) is 0 Å². The SMILES string of the molecule is CC(C)NC(N)=NCC1(N2CCSCC2)CCCCC1.I. The van der Waals surface area contributed by atoms with Gasteiger partial charge in [0.25, 0.3) is 0 Å². The van der Waals surface area contributed by atoms with Crippen molar-refractivity contribution < 1.29 is 0 Å².